The lowest BCUT2D eigenvalue weighted by Gasteiger charge is -2.24. The summed E-state index contributed by atoms with van der Waals surface area (Å²) in [6, 6.07) is 3.31. The number of nitrogens with zero attached hydrogens (tertiary/aromatic N) is 3. The van der Waals surface area contributed by atoms with Crippen LogP contribution >= 0.6 is 23.2 Å². The summed E-state index contributed by atoms with van der Waals surface area (Å²) in [5, 5.41) is 4.87. The molecule has 0 saturated carbocycles. The van der Waals surface area contributed by atoms with Gasteiger partial charge in [-0.2, -0.15) is 4.98 Å². The maximum atomic E-state index is 6.15. The second-order valence-electron chi connectivity index (χ2n) is 4.77. The first-order valence-corrected chi connectivity index (χ1v) is 7.25. The number of anilines is 2. The molecule has 1 fully saturated rings. The van der Waals surface area contributed by atoms with Gasteiger partial charge in [-0.15, -0.1) is 0 Å². The van der Waals surface area contributed by atoms with Crippen molar-refractivity contribution in [3.63, 3.8) is 0 Å². The molecule has 1 aromatic carbocycles. The van der Waals surface area contributed by atoms with Gasteiger partial charge in [-0.1, -0.05) is 23.2 Å². The fourth-order valence-electron chi connectivity index (χ4n) is 2.32. The van der Waals surface area contributed by atoms with Crippen molar-refractivity contribution in [1.82, 2.24) is 10.1 Å². The predicted octanol–water partition coefficient (Wildman–Crippen LogP) is 3.62. The number of aromatic nitrogens is 2. The Hall–Kier alpha value is -1.46. The highest BCUT2D eigenvalue weighted by Gasteiger charge is 2.21. The molecule has 0 bridgehead atoms. The molecule has 0 aliphatic carbocycles. The monoisotopic (exact) mass is 312 g/mol. The Morgan fingerprint density at radius 3 is 2.55 bits per heavy atom. The fourth-order valence-corrected chi connectivity index (χ4v) is 2.73. The molecule has 1 aliphatic rings. The molecule has 0 amide bonds. The summed E-state index contributed by atoms with van der Waals surface area (Å²) in [7, 11) is 0. The van der Waals surface area contributed by atoms with Crippen LogP contribution in [0.3, 0.4) is 0 Å². The van der Waals surface area contributed by atoms with E-state index in [0.717, 1.165) is 25.9 Å². The SMILES string of the molecule is Nc1c(Cl)ccc(Cl)c1-c1nc(N2CCCCC2)no1. The molecular formula is C13H14Cl2N4O. The Bertz CT molecular complexity index is 623. The smallest absolute Gasteiger partial charge is 0.266 e. The average molecular weight is 313 g/mol. The summed E-state index contributed by atoms with van der Waals surface area (Å²) in [6.45, 7) is 1.88. The molecule has 106 valence electrons. The van der Waals surface area contributed by atoms with Crippen LogP contribution in [-0.4, -0.2) is 23.2 Å². The highest BCUT2D eigenvalue weighted by Crippen LogP contribution is 2.37. The van der Waals surface area contributed by atoms with Crippen molar-refractivity contribution in [2.45, 2.75) is 19.3 Å². The van der Waals surface area contributed by atoms with E-state index in [9.17, 15) is 0 Å². The molecule has 3 rings (SSSR count). The van der Waals surface area contributed by atoms with E-state index in [1.807, 2.05) is 0 Å². The molecule has 0 spiro atoms. The minimum atomic E-state index is 0.301. The van der Waals surface area contributed by atoms with Crippen LogP contribution in [0.1, 0.15) is 19.3 Å². The van der Waals surface area contributed by atoms with E-state index >= 15 is 0 Å². The number of piperidine rings is 1. The van der Waals surface area contributed by atoms with E-state index < -0.39 is 0 Å². The molecule has 2 heterocycles. The summed E-state index contributed by atoms with van der Waals surface area (Å²) < 4.78 is 5.29. The van der Waals surface area contributed by atoms with E-state index in [2.05, 4.69) is 15.0 Å². The molecule has 1 saturated heterocycles. The van der Waals surface area contributed by atoms with Gasteiger partial charge < -0.3 is 15.2 Å². The third kappa shape index (κ3) is 2.43. The van der Waals surface area contributed by atoms with Gasteiger partial charge in [0.25, 0.3) is 11.8 Å². The molecule has 0 atom stereocenters. The van der Waals surface area contributed by atoms with Gasteiger partial charge in [0.1, 0.15) is 0 Å². The van der Waals surface area contributed by atoms with Gasteiger partial charge in [0.2, 0.25) is 0 Å². The molecule has 0 unspecified atom stereocenters. The number of nitrogens with two attached hydrogens (primary N) is 1. The predicted molar refractivity (Wildman–Crippen MR) is 80.2 cm³/mol. The summed E-state index contributed by atoms with van der Waals surface area (Å²) in [6.07, 6.45) is 3.53. The van der Waals surface area contributed by atoms with E-state index in [4.69, 9.17) is 33.5 Å². The van der Waals surface area contributed by atoms with Crippen molar-refractivity contribution in [3.8, 4) is 11.5 Å². The van der Waals surface area contributed by atoms with Crippen LogP contribution in [0.4, 0.5) is 11.6 Å². The van der Waals surface area contributed by atoms with E-state index in [1.165, 1.54) is 6.42 Å². The highest BCUT2D eigenvalue weighted by atomic mass is 35.5. The van der Waals surface area contributed by atoms with Crippen LogP contribution in [-0.2, 0) is 0 Å². The Labute approximate surface area is 126 Å². The van der Waals surface area contributed by atoms with Crippen LogP contribution in [0.2, 0.25) is 10.0 Å². The maximum absolute atomic E-state index is 6.15. The number of rotatable bonds is 2. The van der Waals surface area contributed by atoms with Crippen LogP contribution in [0.5, 0.6) is 0 Å². The van der Waals surface area contributed by atoms with Crippen molar-refractivity contribution in [3.05, 3.63) is 22.2 Å². The molecule has 0 radical (unpaired) electrons. The number of halogens is 2. The van der Waals surface area contributed by atoms with Gasteiger partial charge in [0.05, 0.1) is 21.3 Å². The molecule has 20 heavy (non-hydrogen) atoms. The number of benzene rings is 1. The molecule has 5 nitrogen and oxygen atoms in total. The van der Waals surface area contributed by atoms with Gasteiger partial charge in [0.15, 0.2) is 0 Å². The minimum Gasteiger partial charge on any atom is -0.397 e. The molecular weight excluding hydrogens is 299 g/mol. The number of hydrogen-bond donors (Lipinski definition) is 1. The first-order valence-electron chi connectivity index (χ1n) is 6.49. The van der Waals surface area contributed by atoms with Crippen LogP contribution in [0.15, 0.2) is 16.7 Å². The lowest BCUT2D eigenvalue weighted by atomic mass is 10.1. The summed E-state index contributed by atoms with van der Waals surface area (Å²) in [4.78, 5) is 6.49. The van der Waals surface area contributed by atoms with Crippen LogP contribution in [0, 0.1) is 0 Å². The van der Waals surface area contributed by atoms with Crippen molar-refractivity contribution in [2.24, 2.45) is 0 Å². The van der Waals surface area contributed by atoms with Gasteiger partial charge in [0, 0.05) is 13.1 Å². The quantitative estimate of drug-likeness (QED) is 0.858. The second-order valence-corrected chi connectivity index (χ2v) is 5.58. The Balaban J connectivity index is 1.96. The second kappa shape index (κ2) is 5.50. The van der Waals surface area contributed by atoms with Crippen molar-refractivity contribution >= 4 is 34.8 Å². The first kappa shape index (κ1) is 13.5. The zero-order valence-corrected chi connectivity index (χ0v) is 12.3. The summed E-state index contributed by atoms with van der Waals surface area (Å²) in [5.74, 6) is 0.880. The van der Waals surface area contributed by atoms with Crippen molar-refractivity contribution in [1.29, 1.82) is 0 Å². The van der Waals surface area contributed by atoms with Crippen molar-refractivity contribution < 1.29 is 4.52 Å². The zero-order valence-electron chi connectivity index (χ0n) is 10.8. The van der Waals surface area contributed by atoms with Crippen molar-refractivity contribution in [2.75, 3.05) is 23.7 Å². The molecule has 2 aromatic rings. The fraction of sp³-hybridized carbons (Fsp3) is 0.385. The Morgan fingerprint density at radius 1 is 1.10 bits per heavy atom. The summed E-state index contributed by atoms with van der Waals surface area (Å²) in [5.41, 5.74) is 6.80. The largest absolute Gasteiger partial charge is 0.397 e. The van der Waals surface area contributed by atoms with Gasteiger partial charge >= 0.3 is 0 Å². The zero-order chi connectivity index (χ0) is 14.1. The Kier molecular flexibility index (Phi) is 3.72. The summed E-state index contributed by atoms with van der Waals surface area (Å²) >= 11 is 12.2. The average Bonchev–Trinajstić information content (AvgIpc) is 2.94. The van der Waals surface area contributed by atoms with E-state index in [0.29, 0.717) is 33.1 Å². The van der Waals surface area contributed by atoms with Gasteiger partial charge in [-0.3, -0.25) is 0 Å². The number of hydrogen-bond acceptors (Lipinski definition) is 5. The standard InChI is InChI=1S/C13H14Cl2N4O/c14-8-4-5-9(15)11(16)10(8)12-17-13(18-20-12)19-6-2-1-3-7-19/h4-5H,1-3,6-7,16H2. The van der Waals surface area contributed by atoms with Crippen LogP contribution < -0.4 is 10.6 Å². The topological polar surface area (TPSA) is 68.2 Å². The third-order valence-electron chi connectivity index (χ3n) is 3.41. The molecule has 2 N–H and O–H groups in total. The minimum absolute atomic E-state index is 0.301. The van der Waals surface area contributed by atoms with E-state index in [-0.39, 0.29) is 0 Å². The number of nitrogen functional groups attached to an aromatic ring is 1. The lowest BCUT2D eigenvalue weighted by molar-refractivity contribution is 0.426. The molecule has 7 heteroatoms. The lowest BCUT2D eigenvalue weighted by Crippen LogP contribution is -2.30. The highest BCUT2D eigenvalue weighted by molar-refractivity contribution is 6.37. The maximum Gasteiger partial charge on any atom is 0.266 e. The first-order chi connectivity index (χ1) is 9.66. The van der Waals surface area contributed by atoms with Crippen LogP contribution in [0.25, 0.3) is 11.5 Å². The van der Waals surface area contributed by atoms with E-state index in [1.54, 1.807) is 12.1 Å². The third-order valence-corrected chi connectivity index (χ3v) is 4.05. The molecule has 1 aliphatic heterocycles. The van der Waals surface area contributed by atoms with Gasteiger partial charge in [-0.05, 0) is 36.6 Å². The van der Waals surface area contributed by atoms with Gasteiger partial charge in [-0.25, -0.2) is 0 Å². The Morgan fingerprint density at radius 2 is 1.80 bits per heavy atom. The molecule has 1 aromatic heterocycles. The normalized spacial score (nSPS) is 15.6.